The van der Waals surface area contributed by atoms with E-state index in [1.54, 1.807) is 0 Å². The molecule has 0 aliphatic heterocycles. The van der Waals surface area contributed by atoms with Gasteiger partial charge in [0.15, 0.2) is 0 Å². The Hall–Kier alpha value is -1.55. The summed E-state index contributed by atoms with van der Waals surface area (Å²) in [6.45, 7) is 5.59. The van der Waals surface area contributed by atoms with E-state index < -0.39 is 0 Å². The molecule has 0 saturated heterocycles. The SMILES string of the molecule is CC(C)CCCNC(=O)Nc1ccc(CN)cc1. The summed E-state index contributed by atoms with van der Waals surface area (Å²) < 4.78 is 0. The Morgan fingerprint density at radius 3 is 2.50 bits per heavy atom. The molecule has 0 aliphatic carbocycles. The van der Waals surface area contributed by atoms with Crippen molar-refractivity contribution in [3.63, 3.8) is 0 Å². The van der Waals surface area contributed by atoms with Crippen LogP contribution in [0.3, 0.4) is 0 Å². The van der Waals surface area contributed by atoms with Gasteiger partial charge in [0, 0.05) is 18.8 Å². The molecular weight excluding hydrogens is 226 g/mol. The molecule has 0 aliphatic rings. The third kappa shape index (κ3) is 5.68. The molecule has 0 unspecified atom stereocenters. The number of carbonyl (C=O) groups excluding carboxylic acids is 1. The van der Waals surface area contributed by atoms with Crippen molar-refractivity contribution in [2.24, 2.45) is 11.7 Å². The highest BCUT2D eigenvalue weighted by molar-refractivity contribution is 5.89. The second-order valence-electron chi connectivity index (χ2n) is 4.82. The Morgan fingerprint density at radius 2 is 1.94 bits per heavy atom. The summed E-state index contributed by atoms with van der Waals surface area (Å²) >= 11 is 0. The van der Waals surface area contributed by atoms with Crippen LogP contribution in [-0.4, -0.2) is 12.6 Å². The van der Waals surface area contributed by atoms with E-state index in [0.29, 0.717) is 19.0 Å². The summed E-state index contributed by atoms with van der Waals surface area (Å²) in [4.78, 5) is 11.6. The average Bonchev–Trinajstić information content (AvgIpc) is 2.35. The number of anilines is 1. The monoisotopic (exact) mass is 249 g/mol. The van der Waals surface area contributed by atoms with Crippen molar-refractivity contribution < 1.29 is 4.79 Å². The number of nitrogens with one attached hydrogen (secondary N) is 2. The zero-order valence-corrected chi connectivity index (χ0v) is 11.2. The van der Waals surface area contributed by atoms with Crippen LogP contribution in [0.25, 0.3) is 0 Å². The molecule has 1 rings (SSSR count). The maximum atomic E-state index is 11.6. The van der Waals surface area contributed by atoms with Crippen molar-refractivity contribution in [1.82, 2.24) is 5.32 Å². The van der Waals surface area contributed by atoms with E-state index in [2.05, 4.69) is 24.5 Å². The normalized spacial score (nSPS) is 10.4. The maximum Gasteiger partial charge on any atom is 0.319 e. The van der Waals surface area contributed by atoms with E-state index in [-0.39, 0.29) is 6.03 Å². The Morgan fingerprint density at radius 1 is 1.28 bits per heavy atom. The van der Waals surface area contributed by atoms with E-state index in [0.717, 1.165) is 24.1 Å². The molecule has 0 radical (unpaired) electrons. The zero-order valence-electron chi connectivity index (χ0n) is 11.2. The predicted octanol–water partition coefficient (Wildman–Crippen LogP) is 2.70. The molecule has 4 nitrogen and oxygen atoms in total. The lowest BCUT2D eigenvalue weighted by atomic mass is 10.1. The van der Waals surface area contributed by atoms with Gasteiger partial charge < -0.3 is 16.4 Å². The number of hydrogen-bond donors (Lipinski definition) is 3. The highest BCUT2D eigenvalue weighted by Gasteiger charge is 2.01. The summed E-state index contributed by atoms with van der Waals surface area (Å²) in [5, 5.41) is 5.63. The first-order valence-electron chi connectivity index (χ1n) is 6.45. The molecule has 18 heavy (non-hydrogen) atoms. The van der Waals surface area contributed by atoms with Gasteiger partial charge >= 0.3 is 6.03 Å². The summed E-state index contributed by atoms with van der Waals surface area (Å²) in [6.07, 6.45) is 2.14. The molecule has 4 N–H and O–H groups in total. The van der Waals surface area contributed by atoms with Crippen molar-refractivity contribution in [2.75, 3.05) is 11.9 Å². The predicted molar refractivity (Wildman–Crippen MR) is 75.4 cm³/mol. The van der Waals surface area contributed by atoms with Crippen molar-refractivity contribution >= 4 is 11.7 Å². The quantitative estimate of drug-likeness (QED) is 0.679. The van der Waals surface area contributed by atoms with Crippen LogP contribution in [0, 0.1) is 5.92 Å². The fourth-order valence-corrected chi connectivity index (χ4v) is 1.61. The molecule has 0 atom stereocenters. The lowest BCUT2D eigenvalue weighted by Gasteiger charge is -2.09. The Labute approximate surface area is 109 Å². The van der Waals surface area contributed by atoms with Gasteiger partial charge in [0.25, 0.3) is 0 Å². The molecule has 0 aromatic heterocycles. The lowest BCUT2D eigenvalue weighted by molar-refractivity contribution is 0.251. The third-order valence-electron chi connectivity index (χ3n) is 2.69. The maximum absolute atomic E-state index is 11.6. The first kappa shape index (κ1) is 14.5. The number of rotatable bonds is 6. The molecule has 0 bridgehead atoms. The van der Waals surface area contributed by atoms with Gasteiger partial charge in [0.05, 0.1) is 0 Å². The van der Waals surface area contributed by atoms with Crippen LogP contribution in [0.5, 0.6) is 0 Å². The minimum Gasteiger partial charge on any atom is -0.338 e. The van der Waals surface area contributed by atoms with Crippen molar-refractivity contribution in [2.45, 2.75) is 33.2 Å². The minimum atomic E-state index is -0.153. The molecule has 0 saturated carbocycles. The van der Waals surface area contributed by atoms with Gasteiger partial charge in [0.2, 0.25) is 0 Å². The average molecular weight is 249 g/mol. The summed E-state index contributed by atoms with van der Waals surface area (Å²) in [5.41, 5.74) is 7.35. The number of benzene rings is 1. The number of nitrogens with two attached hydrogens (primary N) is 1. The molecule has 2 amide bonds. The summed E-state index contributed by atoms with van der Waals surface area (Å²) in [7, 11) is 0. The number of urea groups is 1. The largest absolute Gasteiger partial charge is 0.338 e. The molecule has 0 spiro atoms. The van der Waals surface area contributed by atoms with Crippen LogP contribution in [0.4, 0.5) is 10.5 Å². The van der Waals surface area contributed by atoms with E-state index in [9.17, 15) is 4.79 Å². The molecule has 0 heterocycles. The minimum absolute atomic E-state index is 0.153. The molecular formula is C14H23N3O. The van der Waals surface area contributed by atoms with Gasteiger partial charge in [0.1, 0.15) is 0 Å². The van der Waals surface area contributed by atoms with Gasteiger partial charge in [-0.25, -0.2) is 4.79 Å². The molecule has 1 aromatic rings. The number of amides is 2. The second kappa shape index (κ2) is 7.71. The molecule has 4 heteroatoms. The third-order valence-corrected chi connectivity index (χ3v) is 2.69. The van der Waals surface area contributed by atoms with E-state index in [1.165, 1.54) is 0 Å². The van der Waals surface area contributed by atoms with Crippen LogP contribution in [-0.2, 0) is 6.54 Å². The van der Waals surface area contributed by atoms with Gasteiger partial charge in [-0.2, -0.15) is 0 Å². The number of carbonyl (C=O) groups is 1. The van der Waals surface area contributed by atoms with Crippen molar-refractivity contribution in [3.05, 3.63) is 29.8 Å². The van der Waals surface area contributed by atoms with Crippen LogP contribution in [0.1, 0.15) is 32.3 Å². The van der Waals surface area contributed by atoms with Crippen LogP contribution in [0.2, 0.25) is 0 Å². The van der Waals surface area contributed by atoms with E-state index >= 15 is 0 Å². The zero-order chi connectivity index (χ0) is 13.4. The highest BCUT2D eigenvalue weighted by atomic mass is 16.2. The molecule has 0 fully saturated rings. The summed E-state index contributed by atoms with van der Waals surface area (Å²) in [6, 6.07) is 7.38. The van der Waals surface area contributed by atoms with Gasteiger partial charge in [-0.1, -0.05) is 26.0 Å². The van der Waals surface area contributed by atoms with Gasteiger partial charge in [-0.15, -0.1) is 0 Å². The highest BCUT2D eigenvalue weighted by Crippen LogP contribution is 2.08. The molecule has 1 aromatic carbocycles. The van der Waals surface area contributed by atoms with E-state index in [4.69, 9.17) is 5.73 Å². The van der Waals surface area contributed by atoms with Crippen LogP contribution in [0.15, 0.2) is 24.3 Å². The Bertz CT molecular complexity index is 360. The number of hydrogen-bond acceptors (Lipinski definition) is 2. The Balaban J connectivity index is 2.26. The molecule has 100 valence electrons. The topological polar surface area (TPSA) is 67.2 Å². The van der Waals surface area contributed by atoms with Gasteiger partial charge in [-0.05, 0) is 36.5 Å². The van der Waals surface area contributed by atoms with Crippen molar-refractivity contribution in [3.8, 4) is 0 Å². The fraction of sp³-hybridized carbons (Fsp3) is 0.500. The summed E-state index contributed by atoms with van der Waals surface area (Å²) in [5.74, 6) is 0.679. The van der Waals surface area contributed by atoms with Gasteiger partial charge in [-0.3, -0.25) is 0 Å². The standard InChI is InChI=1S/C14H23N3O/c1-11(2)4-3-9-16-14(18)17-13-7-5-12(10-15)6-8-13/h5-8,11H,3-4,9-10,15H2,1-2H3,(H2,16,17,18). The van der Waals surface area contributed by atoms with Crippen LogP contribution >= 0.6 is 0 Å². The second-order valence-corrected chi connectivity index (χ2v) is 4.82. The lowest BCUT2D eigenvalue weighted by Crippen LogP contribution is -2.29. The first-order chi connectivity index (χ1) is 8.61. The fourth-order valence-electron chi connectivity index (χ4n) is 1.61. The van der Waals surface area contributed by atoms with E-state index in [1.807, 2.05) is 24.3 Å². The van der Waals surface area contributed by atoms with Crippen LogP contribution < -0.4 is 16.4 Å². The first-order valence-corrected chi connectivity index (χ1v) is 6.45. The van der Waals surface area contributed by atoms with Crippen molar-refractivity contribution in [1.29, 1.82) is 0 Å². The Kier molecular flexibility index (Phi) is 6.22. The smallest absolute Gasteiger partial charge is 0.319 e.